The van der Waals surface area contributed by atoms with Gasteiger partial charge in [-0.2, -0.15) is 9.90 Å². The fraction of sp³-hybridized carbons (Fsp3) is 0.0400. The van der Waals surface area contributed by atoms with Gasteiger partial charge in [-0.15, -0.1) is 17.0 Å². The molecule has 0 heterocycles. The first-order valence-corrected chi connectivity index (χ1v) is 10.2. The van der Waals surface area contributed by atoms with Crippen LogP contribution in [0.4, 0.5) is 0 Å². The Bertz CT molecular complexity index is 789. The predicted octanol–water partition coefficient (Wildman–Crippen LogP) is 6.08. The number of hydrogen-bond donors (Lipinski definition) is 0. The molecule has 0 nitrogen and oxygen atoms in total. The molecule has 144 valence electrons. The summed E-state index contributed by atoms with van der Waals surface area (Å²) < 4.78 is 0. The molecule has 0 aromatic heterocycles. The van der Waals surface area contributed by atoms with Gasteiger partial charge in [0.05, 0.1) is 0 Å². The van der Waals surface area contributed by atoms with E-state index in [0.717, 1.165) is 0 Å². The summed E-state index contributed by atoms with van der Waals surface area (Å²) in [4.78, 5) is 0. The molecule has 4 aromatic rings. The van der Waals surface area contributed by atoms with Crippen LogP contribution in [0.2, 0.25) is 0 Å². The minimum Gasteiger partial charge on any atom is -0.153 e. The molecule has 0 radical (unpaired) electrons. The highest BCUT2D eigenvalue weighted by Gasteiger charge is 2.14. The summed E-state index contributed by atoms with van der Waals surface area (Å²) in [7, 11) is -0.446. The van der Waals surface area contributed by atoms with Gasteiger partial charge >= 0.3 is 0 Å². The Morgan fingerprint density at radius 1 is 0.429 bits per heavy atom. The highest BCUT2D eigenvalue weighted by Crippen LogP contribution is 2.32. The van der Waals surface area contributed by atoms with Crippen LogP contribution in [0.5, 0.6) is 0 Å². The largest absolute Gasteiger partial charge is 0.153 e. The van der Waals surface area contributed by atoms with Gasteiger partial charge in [-0.05, 0) is 30.8 Å². The lowest BCUT2D eigenvalue weighted by molar-refractivity contribution is 1.48. The molecule has 1 atom stereocenters. The van der Waals surface area contributed by atoms with E-state index in [0.29, 0.717) is 0 Å². The third kappa shape index (κ3) is 7.33. The zero-order chi connectivity index (χ0) is 18.0. The van der Waals surface area contributed by atoms with E-state index >= 15 is 0 Å². The molecule has 28 heavy (non-hydrogen) atoms. The van der Waals surface area contributed by atoms with Gasteiger partial charge in [0.1, 0.15) is 0 Å². The molecule has 0 aliphatic carbocycles. The highest BCUT2D eigenvalue weighted by molar-refractivity contribution is 8.93. The summed E-state index contributed by atoms with van der Waals surface area (Å²) in [6.45, 7) is 2.08. The Morgan fingerprint density at radius 2 is 0.679 bits per heavy atom. The number of halogens is 1. The summed E-state index contributed by atoms with van der Waals surface area (Å²) in [5, 5.41) is 4.19. The van der Waals surface area contributed by atoms with Crippen molar-refractivity contribution in [3.05, 3.63) is 127 Å². The maximum Gasteiger partial charge on any atom is -0.0134 e. The Balaban J connectivity index is 0.000000373. The quantitative estimate of drug-likeness (QED) is 0.320. The highest BCUT2D eigenvalue weighted by atomic mass is 79.9. The number of rotatable bonds is 3. The van der Waals surface area contributed by atoms with Crippen molar-refractivity contribution in [2.75, 3.05) is 0 Å². The molecule has 0 saturated heterocycles. The van der Waals surface area contributed by atoms with E-state index < -0.39 is 7.92 Å². The van der Waals surface area contributed by atoms with E-state index in [1.807, 2.05) is 18.2 Å². The Morgan fingerprint density at radius 3 is 0.893 bits per heavy atom. The van der Waals surface area contributed by atoms with Crippen molar-refractivity contribution in [1.82, 2.24) is 0 Å². The summed E-state index contributed by atoms with van der Waals surface area (Å²) >= 11 is 0. The van der Waals surface area contributed by atoms with Crippen molar-refractivity contribution in [3.63, 3.8) is 0 Å². The van der Waals surface area contributed by atoms with Crippen LogP contribution < -0.4 is 15.9 Å². The summed E-state index contributed by atoms with van der Waals surface area (Å²) in [5.41, 5.74) is 1.32. The fourth-order valence-corrected chi connectivity index (χ4v) is 5.02. The lowest BCUT2D eigenvalue weighted by Gasteiger charge is -2.18. The molecular weight excluding hydrogens is 442 g/mol. The van der Waals surface area contributed by atoms with Crippen LogP contribution in [0.25, 0.3) is 0 Å². The van der Waals surface area contributed by atoms with Gasteiger partial charge in [-0.25, -0.2) is 0 Å². The topological polar surface area (TPSA) is 0 Å². The van der Waals surface area contributed by atoms with Gasteiger partial charge in [0.2, 0.25) is 0 Å². The lowest BCUT2D eigenvalue weighted by atomic mass is 10.2. The van der Waals surface area contributed by atoms with Crippen LogP contribution in [0.15, 0.2) is 121 Å². The van der Waals surface area contributed by atoms with Crippen molar-refractivity contribution in [1.29, 1.82) is 0 Å². The molecule has 0 amide bonds. The second kappa shape index (κ2) is 13.4. The van der Waals surface area contributed by atoms with Crippen LogP contribution in [0.1, 0.15) is 5.56 Å². The Kier molecular flexibility index (Phi) is 11.6. The second-order valence-electron chi connectivity index (χ2n) is 6.00. The molecule has 0 aliphatic heterocycles. The third-order valence-corrected chi connectivity index (χ3v) is 6.43. The monoisotopic (exact) mass is 468 g/mol. The normalized spacial score (nSPS) is 9.36. The summed E-state index contributed by atoms with van der Waals surface area (Å²) in [5.74, 6) is 0. The van der Waals surface area contributed by atoms with Crippen LogP contribution in [-0.2, 0) is 0 Å². The molecule has 0 fully saturated rings. The molecule has 4 aromatic carbocycles. The smallest absolute Gasteiger partial charge is 0.0134 e. The van der Waals surface area contributed by atoms with Crippen LogP contribution in [-0.4, -0.2) is 0 Å². The number of aryl methyl sites for hydroxylation is 1. The van der Waals surface area contributed by atoms with Gasteiger partial charge < -0.3 is 0 Å². The maximum absolute atomic E-state index is 2.23. The molecule has 0 spiro atoms. The lowest BCUT2D eigenvalue weighted by Crippen LogP contribution is -2.20. The van der Waals surface area contributed by atoms with Crippen molar-refractivity contribution < 1.29 is 0 Å². The predicted molar refractivity (Wildman–Crippen MR) is 138 cm³/mol. The SMILES string of the molecule is Br.Cc1ccccc1.P.c1ccc(P(c2ccccc2)c2ccccc2)cc1. The first-order chi connectivity index (χ1) is 12.8. The Labute approximate surface area is 184 Å². The van der Waals surface area contributed by atoms with Crippen molar-refractivity contribution >= 4 is 50.7 Å². The molecule has 0 bridgehead atoms. The van der Waals surface area contributed by atoms with Crippen LogP contribution in [0.3, 0.4) is 0 Å². The summed E-state index contributed by atoms with van der Waals surface area (Å²) in [6.07, 6.45) is 0. The van der Waals surface area contributed by atoms with Crippen molar-refractivity contribution in [2.24, 2.45) is 0 Å². The van der Waals surface area contributed by atoms with E-state index in [-0.39, 0.29) is 26.9 Å². The minimum absolute atomic E-state index is 0. The maximum atomic E-state index is 2.23. The summed E-state index contributed by atoms with van der Waals surface area (Å²) in [6, 6.07) is 42.6. The average Bonchev–Trinajstić information content (AvgIpc) is 2.72. The number of benzene rings is 4. The van der Waals surface area contributed by atoms with Crippen molar-refractivity contribution in [3.8, 4) is 0 Å². The standard InChI is InChI=1S/C18H15P.C7H8.BrH.H3P/c1-4-10-16(11-5-1)19(17-12-6-2-7-13-17)18-14-8-3-9-15-18;1-7-5-3-2-4-6-7;;/h1-15H;2-6H,1H3;1H;1H3. The average molecular weight is 469 g/mol. The molecule has 0 N–H and O–H groups in total. The molecule has 0 saturated carbocycles. The number of hydrogen-bond acceptors (Lipinski definition) is 0. The van der Waals surface area contributed by atoms with Crippen molar-refractivity contribution in [2.45, 2.75) is 6.92 Å². The van der Waals surface area contributed by atoms with E-state index in [9.17, 15) is 0 Å². The van der Waals surface area contributed by atoms with Gasteiger partial charge in [-0.1, -0.05) is 127 Å². The van der Waals surface area contributed by atoms with Gasteiger partial charge in [0.25, 0.3) is 0 Å². The van der Waals surface area contributed by atoms with E-state index in [4.69, 9.17) is 0 Å². The molecule has 4 rings (SSSR count). The molecule has 1 unspecified atom stereocenters. The first-order valence-electron chi connectivity index (χ1n) is 8.81. The third-order valence-electron chi connectivity index (χ3n) is 3.98. The Hall–Kier alpha value is -1.78. The van der Waals surface area contributed by atoms with E-state index in [1.165, 1.54) is 21.5 Å². The van der Waals surface area contributed by atoms with Gasteiger partial charge in [-0.3, -0.25) is 0 Å². The van der Waals surface area contributed by atoms with Gasteiger partial charge in [0.15, 0.2) is 0 Å². The van der Waals surface area contributed by atoms with E-state index in [1.54, 1.807) is 0 Å². The van der Waals surface area contributed by atoms with E-state index in [2.05, 4.69) is 110 Å². The van der Waals surface area contributed by atoms with Crippen LogP contribution >= 0.6 is 34.8 Å². The second-order valence-corrected chi connectivity index (χ2v) is 8.22. The fourth-order valence-electron chi connectivity index (χ4n) is 2.71. The zero-order valence-corrected chi connectivity index (χ0v) is 20.1. The van der Waals surface area contributed by atoms with Crippen LogP contribution in [0, 0.1) is 6.92 Å². The minimum atomic E-state index is -0.446. The van der Waals surface area contributed by atoms with Gasteiger partial charge in [0, 0.05) is 0 Å². The first kappa shape index (κ1) is 24.3. The molecule has 0 aliphatic rings. The molecule has 3 heteroatoms. The molecular formula is C25H27BrP2. The zero-order valence-electron chi connectivity index (χ0n) is 16.1.